The second-order valence-corrected chi connectivity index (χ2v) is 8.01. The Balaban J connectivity index is 0.000000542. The number of ether oxygens (including phenoxy) is 1. The Kier molecular flexibility index (Phi) is 10.6. The van der Waals surface area contributed by atoms with Crippen molar-refractivity contribution in [2.45, 2.75) is 38.8 Å². The van der Waals surface area contributed by atoms with Crippen LogP contribution in [-0.2, 0) is 4.74 Å². The average Bonchev–Trinajstić information content (AvgIpc) is 3.30. The molecule has 1 fully saturated rings. The number of aromatic nitrogens is 1. The van der Waals surface area contributed by atoms with Crippen LogP contribution in [0.25, 0.3) is 0 Å². The van der Waals surface area contributed by atoms with E-state index in [0.717, 1.165) is 0 Å². The molecule has 3 rings (SSSR count). The van der Waals surface area contributed by atoms with Crippen molar-refractivity contribution in [2.24, 2.45) is 0 Å². The second kappa shape index (κ2) is 12.9. The van der Waals surface area contributed by atoms with Gasteiger partial charge in [-0.25, -0.2) is 4.79 Å². The number of hydrogen-bond donors (Lipinski definition) is 0. The van der Waals surface area contributed by atoms with Crippen LogP contribution in [0.3, 0.4) is 0 Å². The van der Waals surface area contributed by atoms with Crippen LogP contribution in [0, 0.1) is 12.8 Å². The number of nitrogens with zero attached hydrogens (tertiary/aromatic N) is 3. The summed E-state index contributed by atoms with van der Waals surface area (Å²) < 4.78 is 5.37. The zero-order valence-corrected chi connectivity index (χ0v) is 19.1. The lowest BCUT2D eigenvalue weighted by atomic mass is 10.1. The lowest BCUT2D eigenvalue weighted by molar-refractivity contribution is 0.0279. The summed E-state index contributed by atoms with van der Waals surface area (Å²) in [5.41, 5.74) is 0.210. The number of amides is 2. The number of terminal acetylenes is 1. The normalized spacial score (nSPS) is 14.7. The standard InChI is InChI=1S/C18H24N2O4.C5H5N.C2H2/c1-18(2,3)24-17(23)20-10-9-14(11-20)19(4)16(22)15-8-6-5-7-13(15)12-21;1-2-4-6-5-3-1;1-2/h5-8,12,14H,9-11H2,1-4H3;1-5H;1-2H/t14-;;/m0../s1. The molecular formula is C25H31N3O4. The fourth-order valence-corrected chi connectivity index (χ4v) is 3.01. The highest BCUT2D eigenvalue weighted by Gasteiger charge is 2.33. The van der Waals surface area contributed by atoms with Crippen molar-refractivity contribution in [3.63, 3.8) is 0 Å². The molecular weight excluding hydrogens is 406 g/mol. The van der Waals surface area contributed by atoms with Gasteiger partial charge in [-0.15, -0.1) is 12.8 Å². The van der Waals surface area contributed by atoms with E-state index in [2.05, 4.69) is 17.8 Å². The van der Waals surface area contributed by atoms with Gasteiger partial charge in [-0.2, -0.15) is 0 Å². The molecule has 0 N–H and O–H groups in total. The van der Waals surface area contributed by atoms with Crippen molar-refractivity contribution >= 4 is 18.3 Å². The summed E-state index contributed by atoms with van der Waals surface area (Å²) in [5.74, 6) is -0.214. The molecule has 1 aromatic heterocycles. The quantitative estimate of drug-likeness (QED) is 0.537. The molecule has 2 heterocycles. The van der Waals surface area contributed by atoms with Crippen LogP contribution >= 0.6 is 0 Å². The first-order valence-corrected chi connectivity index (χ1v) is 10.2. The van der Waals surface area contributed by atoms with Crippen molar-refractivity contribution in [2.75, 3.05) is 20.1 Å². The Morgan fingerprint density at radius 1 is 1.12 bits per heavy atom. The van der Waals surface area contributed by atoms with Gasteiger partial charge in [0.2, 0.25) is 0 Å². The van der Waals surface area contributed by atoms with Gasteiger partial charge in [-0.1, -0.05) is 24.3 Å². The summed E-state index contributed by atoms with van der Waals surface area (Å²) in [5, 5.41) is 0. The first-order valence-electron chi connectivity index (χ1n) is 10.2. The molecule has 1 aliphatic rings. The maximum Gasteiger partial charge on any atom is 0.410 e. The minimum Gasteiger partial charge on any atom is -0.444 e. The molecule has 2 aromatic rings. The number of carbonyl (C=O) groups is 3. The molecule has 0 saturated carbocycles. The fourth-order valence-electron chi connectivity index (χ4n) is 3.01. The van der Waals surface area contributed by atoms with E-state index in [1.165, 1.54) is 0 Å². The van der Waals surface area contributed by atoms with E-state index >= 15 is 0 Å². The van der Waals surface area contributed by atoms with Crippen molar-refractivity contribution in [3.8, 4) is 12.8 Å². The Bertz CT molecular complexity index is 864. The Morgan fingerprint density at radius 3 is 2.25 bits per heavy atom. The molecule has 1 atom stereocenters. The molecule has 7 heteroatoms. The van der Waals surface area contributed by atoms with Gasteiger partial charge in [-0.05, 0) is 45.4 Å². The number of likely N-dealkylation sites (tertiary alicyclic amines) is 1. The average molecular weight is 438 g/mol. The van der Waals surface area contributed by atoms with Gasteiger partial charge in [0.25, 0.3) is 5.91 Å². The molecule has 7 nitrogen and oxygen atoms in total. The van der Waals surface area contributed by atoms with Gasteiger partial charge in [-0.3, -0.25) is 14.6 Å². The van der Waals surface area contributed by atoms with E-state index in [9.17, 15) is 14.4 Å². The first-order chi connectivity index (χ1) is 15.2. The maximum atomic E-state index is 12.6. The van der Waals surface area contributed by atoms with Gasteiger partial charge in [0.15, 0.2) is 6.29 Å². The van der Waals surface area contributed by atoms with Crippen molar-refractivity contribution in [1.29, 1.82) is 0 Å². The van der Waals surface area contributed by atoms with Gasteiger partial charge in [0, 0.05) is 38.1 Å². The van der Waals surface area contributed by atoms with Crippen molar-refractivity contribution in [3.05, 3.63) is 66.0 Å². The molecule has 2 amide bonds. The third-order valence-corrected chi connectivity index (χ3v) is 4.57. The Labute approximate surface area is 190 Å². The summed E-state index contributed by atoms with van der Waals surface area (Å²) >= 11 is 0. The van der Waals surface area contributed by atoms with Crippen LogP contribution in [0.15, 0.2) is 54.9 Å². The minimum atomic E-state index is -0.542. The summed E-state index contributed by atoms with van der Waals surface area (Å²) in [6.45, 7) is 6.45. The predicted octanol–water partition coefficient (Wildman–Crippen LogP) is 3.91. The van der Waals surface area contributed by atoms with Crippen LogP contribution in [-0.4, -0.2) is 64.9 Å². The molecule has 32 heavy (non-hydrogen) atoms. The molecule has 0 bridgehead atoms. The topological polar surface area (TPSA) is 79.8 Å². The van der Waals surface area contributed by atoms with E-state index in [-0.39, 0.29) is 18.0 Å². The highest BCUT2D eigenvalue weighted by molar-refractivity contribution is 6.01. The zero-order valence-electron chi connectivity index (χ0n) is 19.1. The summed E-state index contributed by atoms with van der Waals surface area (Å²) in [7, 11) is 1.70. The summed E-state index contributed by atoms with van der Waals surface area (Å²) in [4.78, 5) is 42.9. The third-order valence-electron chi connectivity index (χ3n) is 4.57. The van der Waals surface area contributed by atoms with Crippen molar-refractivity contribution < 1.29 is 19.1 Å². The number of benzene rings is 1. The van der Waals surface area contributed by atoms with E-state index in [1.54, 1.807) is 53.5 Å². The van der Waals surface area contributed by atoms with E-state index in [0.29, 0.717) is 36.9 Å². The molecule has 1 aliphatic heterocycles. The lowest BCUT2D eigenvalue weighted by Gasteiger charge is -2.27. The number of carbonyl (C=O) groups excluding carboxylic acids is 3. The largest absolute Gasteiger partial charge is 0.444 e. The van der Waals surface area contributed by atoms with Gasteiger partial charge >= 0.3 is 6.09 Å². The monoisotopic (exact) mass is 437 g/mol. The van der Waals surface area contributed by atoms with Crippen LogP contribution in [0.1, 0.15) is 47.9 Å². The molecule has 0 radical (unpaired) electrons. The van der Waals surface area contributed by atoms with Crippen molar-refractivity contribution in [1.82, 2.24) is 14.8 Å². The van der Waals surface area contributed by atoms with Crippen LogP contribution in [0.5, 0.6) is 0 Å². The SMILES string of the molecule is C#C.CN(C(=O)c1ccccc1C=O)[C@H]1CCN(C(=O)OC(C)(C)C)C1.c1ccncc1. The maximum absolute atomic E-state index is 12.6. The van der Waals surface area contributed by atoms with Gasteiger partial charge in [0.05, 0.1) is 11.6 Å². The molecule has 1 saturated heterocycles. The number of hydrogen-bond acceptors (Lipinski definition) is 5. The predicted molar refractivity (Wildman–Crippen MR) is 124 cm³/mol. The Hall–Kier alpha value is -3.66. The van der Waals surface area contributed by atoms with Gasteiger partial charge < -0.3 is 14.5 Å². The van der Waals surface area contributed by atoms with Crippen LogP contribution in [0.2, 0.25) is 0 Å². The molecule has 0 spiro atoms. The molecule has 0 aliphatic carbocycles. The molecule has 170 valence electrons. The number of pyridine rings is 1. The Morgan fingerprint density at radius 2 is 1.75 bits per heavy atom. The smallest absolute Gasteiger partial charge is 0.410 e. The second-order valence-electron chi connectivity index (χ2n) is 8.01. The van der Waals surface area contributed by atoms with Gasteiger partial charge in [0.1, 0.15) is 5.60 Å². The zero-order chi connectivity index (χ0) is 24.1. The van der Waals surface area contributed by atoms with Crippen LogP contribution in [0.4, 0.5) is 4.79 Å². The first kappa shape index (κ1) is 26.4. The fraction of sp³-hybridized carbons (Fsp3) is 0.360. The number of likely N-dealkylation sites (N-methyl/N-ethyl adjacent to an activating group) is 1. The van der Waals surface area contributed by atoms with E-state index in [4.69, 9.17) is 4.74 Å². The van der Waals surface area contributed by atoms with Crippen LogP contribution < -0.4 is 0 Å². The highest BCUT2D eigenvalue weighted by atomic mass is 16.6. The molecule has 0 unspecified atom stereocenters. The highest BCUT2D eigenvalue weighted by Crippen LogP contribution is 2.20. The minimum absolute atomic E-state index is 0.0928. The summed E-state index contributed by atoms with van der Waals surface area (Å²) in [6.07, 6.45) is 12.5. The third kappa shape index (κ3) is 8.23. The lowest BCUT2D eigenvalue weighted by Crippen LogP contribution is -2.41. The number of aldehydes is 1. The molecule has 1 aromatic carbocycles. The number of rotatable bonds is 3. The van der Waals surface area contributed by atoms with E-state index < -0.39 is 5.60 Å². The summed E-state index contributed by atoms with van der Waals surface area (Å²) in [6, 6.07) is 12.3. The van der Waals surface area contributed by atoms with E-state index in [1.807, 2.05) is 39.0 Å².